The summed E-state index contributed by atoms with van der Waals surface area (Å²) in [4.78, 5) is 14.0. The summed E-state index contributed by atoms with van der Waals surface area (Å²) in [6.45, 7) is 4.07. The zero-order chi connectivity index (χ0) is 12.8. The molecule has 4 heteroatoms. The molecule has 0 amide bonds. The van der Waals surface area contributed by atoms with Gasteiger partial charge in [0.1, 0.15) is 0 Å². The van der Waals surface area contributed by atoms with Crippen LogP contribution in [-0.4, -0.2) is 50.3 Å². The molecule has 0 spiro atoms. The Hall–Kier alpha value is -0.610. The summed E-state index contributed by atoms with van der Waals surface area (Å²) in [6.07, 6.45) is 6.54. The van der Waals surface area contributed by atoms with E-state index < -0.39 is 0 Å². The van der Waals surface area contributed by atoms with Crippen LogP contribution in [0.5, 0.6) is 0 Å². The highest BCUT2D eigenvalue weighted by Gasteiger charge is 2.27. The molecule has 2 aliphatic rings. The van der Waals surface area contributed by atoms with Gasteiger partial charge in [-0.05, 0) is 38.1 Å². The summed E-state index contributed by atoms with van der Waals surface area (Å²) in [5.41, 5.74) is 0. The Bertz CT molecular complexity index is 264. The second kappa shape index (κ2) is 7.10. The van der Waals surface area contributed by atoms with Crippen LogP contribution in [0.15, 0.2) is 0 Å². The normalized spacial score (nSPS) is 27.1. The number of esters is 1. The molecule has 0 aromatic heterocycles. The molecule has 0 bridgehead atoms. The van der Waals surface area contributed by atoms with E-state index in [1.54, 1.807) is 0 Å². The minimum atomic E-state index is -0.0705. The lowest BCUT2D eigenvalue weighted by molar-refractivity contribution is -0.142. The number of hydrogen-bond acceptors (Lipinski definition) is 4. The van der Waals surface area contributed by atoms with Crippen LogP contribution in [0.1, 0.15) is 38.5 Å². The molecular formula is C14H25NO3. The maximum absolute atomic E-state index is 11.4. The lowest BCUT2D eigenvalue weighted by Gasteiger charge is -2.38. The average molecular weight is 255 g/mol. The number of methoxy groups -OCH3 is 1. The number of rotatable bonds is 4. The van der Waals surface area contributed by atoms with Gasteiger partial charge < -0.3 is 9.47 Å². The van der Waals surface area contributed by atoms with Gasteiger partial charge in [-0.1, -0.05) is 6.42 Å². The van der Waals surface area contributed by atoms with Crippen LogP contribution in [0.3, 0.4) is 0 Å². The van der Waals surface area contributed by atoms with E-state index in [-0.39, 0.29) is 5.97 Å². The highest BCUT2D eigenvalue weighted by Crippen LogP contribution is 2.24. The van der Waals surface area contributed by atoms with Crippen molar-refractivity contribution in [2.24, 2.45) is 5.92 Å². The van der Waals surface area contributed by atoms with Gasteiger partial charge in [-0.2, -0.15) is 0 Å². The van der Waals surface area contributed by atoms with Crippen molar-refractivity contribution in [1.29, 1.82) is 0 Å². The predicted octanol–water partition coefficient (Wildman–Crippen LogP) is 1.83. The maximum atomic E-state index is 11.4. The van der Waals surface area contributed by atoms with Gasteiger partial charge in [0, 0.05) is 25.8 Å². The van der Waals surface area contributed by atoms with Gasteiger partial charge in [-0.25, -0.2) is 0 Å². The molecule has 2 rings (SSSR count). The van der Waals surface area contributed by atoms with Gasteiger partial charge >= 0.3 is 5.97 Å². The van der Waals surface area contributed by atoms with Crippen molar-refractivity contribution in [3.63, 3.8) is 0 Å². The first-order valence-electron chi connectivity index (χ1n) is 7.18. The van der Waals surface area contributed by atoms with Crippen LogP contribution in [0.4, 0.5) is 0 Å². The van der Waals surface area contributed by atoms with E-state index in [4.69, 9.17) is 9.47 Å². The summed E-state index contributed by atoms with van der Waals surface area (Å²) >= 11 is 0. The van der Waals surface area contributed by atoms with Crippen molar-refractivity contribution >= 4 is 5.97 Å². The standard InChI is InChI=1S/C14H25NO3/c1-17-14(16)10-13-4-2-3-7-15(13)11-12-5-8-18-9-6-12/h12-13H,2-11H2,1H3. The average Bonchev–Trinajstić information content (AvgIpc) is 2.42. The van der Waals surface area contributed by atoms with Crippen LogP contribution in [0.2, 0.25) is 0 Å². The summed E-state index contributed by atoms with van der Waals surface area (Å²) < 4.78 is 10.2. The molecule has 0 saturated carbocycles. The van der Waals surface area contributed by atoms with E-state index >= 15 is 0 Å². The summed E-state index contributed by atoms with van der Waals surface area (Å²) in [5, 5.41) is 0. The van der Waals surface area contributed by atoms with Crippen LogP contribution >= 0.6 is 0 Å². The minimum absolute atomic E-state index is 0.0705. The van der Waals surface area contributed by atoms with E-state index in [1.807, 2.05) is 0 Å². The first kappa shape index (κ1) is 13.8. The topological polar surface area (TPSA) is 38.8 Å². The number of carbonyl (C=O) groups is 1. The molecule has 2 heterocycles. The molecule has 104 valence electrons. The van der Waals surface area contributed by atoms with Crippen molar-refractivity contribution in [2.45, 2.75) is 44.6 Å². The molecule has 0 N–H and O–H groups in total. The third-order valence-electron chi connectivity index (χ3n) is 4.21. The van der Waals surface area contributed by atoms with Gasteiger partial charge in [0.25, 0.3) is 0 Å². The van der Waals surface area contributed by atoms with Crippen molar-refractivity contribution in [2.75, 3.05) is 33.4 Å². The molecule has 0 radical (unpaired) electrons. The number of likely N-dealkylation sites (tertiary alicyclic amines) is 1. The monoisotopic (exact) mass is 255 g/mol. The van der Waals surface area contributed by atoms with Gasteiger partial charge in [0.05, 0.1) is 13.5 Å². The number of piperidine rings is 1. The first-order valence-corrected chi connectivity index (χ1v) is 7.18. The molecule has 0 aromatic rings. The lowest BCUT2D eigenvalue weighted by Crippen LogP contribution is -2.44. The molecule has 18 heavy (non-hydrogen) atoms. The van der Waals surface area contributed by atoms with Gasteiger partial charge in [0.15, 0.2) is 0 Å². The highest BCUT2D eigenvalue weighted by molar-refractivity contribution is 5.69. The second-order valence-electron chi connectivity index (χ2n) is 5.48. The van der Waals surface area contributed by atoms with Crippen molar-refractivity contribution in [1.82, 2.24) is 4.90 Å². The van der Waals surface area contributed by atoms with Gasteiger partial charge in [-0.3, -0.25) is 9.69 Å². The Morgan fingerprint density at radius 2 is 2.06 bits per heavy atom. The molecule has 1 unspecified atom stereocenters. The van der Waals surface area contributed by atoms with E-state index in [2.05, 4.69) is 4.90 Å². The molecular weight excluding hydrogens is 230 g/mol. The highest BCUT2D eigenvalue weighted by atomic mass is 16.5. The number of hydrogen-bond donors (Lipinski definition) is 0. The Morgan fingerprint density at radius 3 is 2.78 bits per heavy atom. The van der Waals surface area contributed by atoms with Crippen molar-refractivity contribution < 1.29 is 14.3 Å². The molecule has 1 atom stereocenters. The van der Waals surface area contributed by atoms with Crippen molar-refractivity contribution in [3.05, 3.63) is 0 Å². The Morgan fingerprint density at radius 1 is 1.28 bits per heavy atom. The molecule has 0 aliphatic carbocycles. The minimum Gasteiger partial charge on any atom is -0.469 e. The molecule has 0 aromatic carbocycles. The van der Waals surface area contributed by atoms with Crippen LogP contribution < -0.4 is 0 Å². The number of ether oxygens (including phenoxy) is 2. The lowest BCUT2D eigenvalue weighted by atomic mass is 9.94. The summed E-state index contributed by atoms with van der Waals surface area (Å²) in [7, 11) is 1.48. The van der Waals surface area contributed by atoms with E-state index in [9.17, 15) is 4.79 Å². The molecule has 2 saturated heterocycles. The number of carbonyl (C=O) groups excluding carboxylic acids is 1. The van der Waals surface area contributed by atoms with E-state index in [0.29, 0.717) is 12.5 Å². The SMILES string of the molecule is COC(=O)CC1CCCCN1CC1CCOCC1. The fourth-order valence-electron chi connectivity index (χ4n) is 3.07. The Kier molecular flexibility index (Phi) is 5.45. The van der Waals surface area contributed by atoms with Crippen molar-refractivity contribution in [3.8, 4) is 0 Å². The number of nitrogens with zero attached hydrogens (tertiary/aromatic N) is 1. The van der Waals surface area contributed by atoms with E-state index in [1.165, 1.54) is 32.8 Å². The molecule has 2 aliphatic heterocycles. The van der Waals surface area contributed by atoms with Crippen LogP contribution in [0.25, 0.3) is 0 Å². The zero-order valence-corrected chi connectivity index (χ0v) is 11.4. The third-order valence-corrected chi connectivity index (χ3v) is 4.21. The quantitative estimate of drug-likeness (QED) is 0.718. The first-order chi connectivity index (χ1) is 8.79. The predicted molar refractivity (Wildman–Crippen MR) is 69.4 cm³/mol. The van der Waals surface area contributed by atoms with Crippen LogP contribution in [-0.2, 0) is 14.3 Å². The molecule has 4 nitrogen and oxygen atoms in total. The Balaban J connectivity index is 1.84. The summed E-state index contributed by atoms with van der Waals surface area (Å²) in [5.74, 6) is 0.677. The van der Waals surface area contributed by atoms with E-state index in [0.717, 1.165) is 38.6 Å². The fourth-order valence-corrected chi connectivity index (χ4v) is 3.07. The van der Waals surface area contributed by atoms with Gasteiger partial charge in [0.2, 0.25) is 0 Å². The smallest absolute Gasteiger partial charge is 0.307 e. The largest absolute Gasteiger partial charge is 0.469 e. The van der Waals surface area contributed by atoms with Crippen LogP contribution in [0, 0.1) is 5.92 Å². The Labute approximate surface area is 110 Å². The summed E-state index contributed by atoms with van der Waals surface area (Å²) in [6, 6.07) is 0.397. The third kappa shape index (κ3) is 3.95. The van der Waals surface area contributed by atoms with Gasteiger partial charge in [-0.15, -0.1) is 0 Å². The zero-order valence-electron chi connectivity index (χ0n) is 11.4. The molecule has 2 fully saturated rings. The maximum Gasteiger partial charge on any atom is 0.307 e. The fraction of sp³-hybridized carbons (Fsp3) is 0.929. The second-order valence-corrected chi connectivity index (χ2v) is 5.48.